The van der Waals surface area contributed by atoms with E-state index in [-0.39, 0.29) is 18.4 Å². The van der Waals surface area contributed by atoms with E-state index in [1.165, 1.54) is 7.11 Å². The maximum Gasteiger partial charge on any atom is 0.137 e. The lowest BCUT2D eigenvalue weighted by Gasteiger charge is -2.13. The minimum atomic E-state index is -0.303. The van der Waals surface area contributed by atoms with Crippen molar-refractivity contribution in [3.8, 4) is 11.5 Å². The number of ether oxygens (including phenoxy) is 1. The molecule has 15 heavy (non-hydrogen) atoms. The Morgan fingerprint density at radius 1 is 1.53 bits per heavy atom. The number of phenols is 1. The van der Waals surface area contributed by atoms with Crippen LogP contribution in [0.15, 0.2) is 16.6 Å². The molecule has 0 saturated carbocycles. The molecule has 0 fully saturated rings. The van der Waals surface area contributed by atoms with Crippen LogP contribution in [0.2, 0.25) is 0 Å². The fourth-order valence-corrected chi connectivity index (χ4v) is 1.66. The predicted octanol–water partition coefficient (Wildman–Crippen LogP) is 1.55. The number of hydrogen-bond donors (Lipinski definition) is 3. The van der Waals surface area contributed by atoms with Crippen LogP contribution in [0, 0.1) is 0 Å². The second-order valence-electron chi connectivity index (χ2n) is 3.18. The van der Waals surface area contributed by atoms with E-state index in [1.807, 2.05) is 0 Å². The third-order valence-electron chi connectivity index (χ3n) is 2.13. The molecule has 0 amide bonds. The lowest BCUT2D eigenvalue weighted by Crippen LogP contribution is -2.12. The molecule has 0 spiro atoms. The molecule has 4 N–H and O–H groups in total. The van der Waals surface area contributed by atoms with E-state index in [1.54, 1.807) is 12.1 Å². The minimum Gasteiger partial charge on any atom is -0.507 e. The van der Waals surface area contributed by atoms with Gasteiger partial charge in [0.2, 0.25) is 0 Å². The van der Waals surface area contributed by atoms with E-state index >= 15 is 0 Å². The normalized spacial score (nSPS) is 12.5. The maximum absolute atomic E-state index is 9.58. The minimum absolute atomic E-state index is 0.0142. The number of methoxy groups -OCH3 is 1. The van der Waals surface area contributed by atoms with Gasteiger partial charge in [0.25, 0.3) is 0 Å². The van der Waals surface area contributed by atoms with Crippen LogP contribution >= 0.6 is 15.9 Å². The van der Waals surface area contributed by atoms with Crippen LogP contribution in [0.4, 0.5) is 0 Å². The largest absolute Gasteiger partial charge is 0.507 e. The monoisotopic (exact) mass is 275 g/mol. The molecule has 0 aromatic heterocycles. The standard InChI is InChI=1S/C10H14BrNO3/c1-15-9-5-6(7(12)2-3-13)4-8(14)10(9)11/h4-5,7,13-14H,2-3,12H2,1H3. The first kappa shape index (κ1) is 12.3. The van der Waals surface area contributed by atoms with Crippen molar-refractivity contribution in [2.75, 3.05) is 13.7 Å². The summed E-state index contributed by atoms with van der Waals surface area (Å²) in [7, 11) is 1.51. The summed E-state index contributed by atoms with van der Waals surface area (Å²) in [4.78, 5) is 0. The molecule has 1 rings (SSSR count). The first-order valence-corrected chi connectivity index (χ1v) is 5.32. The van der Waals surface area contributed by atoms with Crippen molar-refractivity contribution < 1.29 is 14.9 Å². The summed E-state index contributed by atoms with van der Waals surface area (Å²) in [6, 6.07) is 3.00. The fraction of sp³-hybridized carbons (Fsp3) is 0.400. The van der Waals surface area contributed by atoms with Crippen molar-refractivity contribution in [3.05, 3.63) is 22.2 Å². The Morgan fingerprint density at radius 3 is 2.73 bits per heavy atom. The number of halogens is 1. The molecule has 0 heterocycles. The summed E-state index contributed by atoms with van der Waals surface area (Å²) in [6.07, 6.45) is 0.449. The van der Waals surface area contributed by atoms with Crippen LogP contribution < -0.4 is 10.5 Å². The molecule has 1 atom stereocenters. The fourth-order valence-electron chi connectivity index (χ4n) is 1.27. The highest BCUT2D eigenvalue weighted by Gasteiger charge is 2.12. The van der Waals surface area contributed by atoms with Gasteiger partial charge in [0.1, 0.15) is 16.0 Å². The van der Waals surface area contributed by atoms with Crippen LogP contribution in [0.3, 0.4) is 0 Å². The smallest absolute Gasteiger partial charge is 0.137 e. The third kappa shape index (κ3) is 2.84. The Bertz CT molecular complexity index is 344. The summed E-state index contributed by atoms with van der Waals surface area (Å²) in [5.41, 5.74) is 6.54. The van der Waals surface area contributed by atoms with Crippen molar-refractivity contribution in [2.24, 2.45) is 5.73 Å². The average Bonchev–Trinajstić information content (AvgIpc) is 2.22. The lowest BCUT2D eigenvalue weighted by molar-refractivity contribution is 0.276. The number of aliphatic hydroxyl groups is 1. The number of aromatic hydroxyl groups is 1. The highest BCUT2D eigenvalue weighted by Crippen LogP contribution is 2.36. The molecule has 5 heteroatoms. The topological polar surface area (TPSA) is 75.7 Å². The van der Waals surface area contributed by atoms with Gasteiger partial charge < -0.3 is 20.7 Å². The summed E-state index contributed by atoms with van der Waals surface area (Å²) >= 11 is 3.20. The van der Waals surface area contributed by atoms with Gasteiger partial charge in [-0.2, -0.15) is 0 Å². The van der Waals surface area contributed by atoms with Crippen molar-refractivity contribution >= 4 is 15.9 Å². The highest BCUT2D eigenvalue weighted by molar-refractivity contribution is 9.10. The number of phenolic OH excluding ortho intramolecular Hbond substituents is 1. The molecular formula is C10H14BrNO3. The van der Waals surface area contributed by atoms with Gasteiger partial charge in [0.15, 0.2) is 0 Å². The summed E-state index contributed by atoms with van der Waals surface area (Å²) in [5, 5.41) is 18.3. The van der Waals surface area contributed by atoms with Gasteiger partial charge in [-0.25, -0.2) is 0 Å². The van der Waals surface area contributed by atoms with Crippen molar-refractivity contribution in [1.82, 2.24) is 0 Å². The molecule has 0 aliphatic heterocycles. The zero-order valence-electron chi connectivity index (χ0n) is 8.40. The molecule has 0 saturated heterocycles. The van der Waals surface area contributed by atoms with Crippen molar-refractivity contribution in [1.29, 1.82) is 0 Å². The van der Waals surface area contributed by atoms with E-state index in [0.29, 0.717) is 16.6 Å². The molecule has 1 aromatic carbocycles. The number of hydrogen-bond acceptors (Lipinski definition) is 4. The van der Waals surface area contributed by atoms with Gasteiger partial charge >= 0.3 is 0 Å². The van der Waals surface area contributed by atoms with Gasteiger partial charge in [0.05, 0.1) is 7.11 Å². The van der Waals surface area contributed by atoms with E-state index < -0.39 is 0 Å². The van der Waals surface area contributed by atoms with E-state index in [9.17, 15) is 5.11 Å². The molecule has 0 radical (unpaired) electrons. The molecule has 4 nitrogen and oxygen atoms in total. The van der Waals surface area contributed by atoms with Crippen molar-refractivity contribution in [3.63, 3.8) is 0 Å². The Kier molecular flexibility index (Phi) is 4.38. The molecular weight excluding hydrogens is 262 g/mol. The van der Waals surface area contributed by atoms with Gasteiger partial charge in [-0.05, 0) is 40.0 Å². The van der Waals surface area contributed by atoms with E-state index in [0.717, 1.165) is 5.56 Å². The average molecular weight is 276 g/mol. The molecule has 0 bridgehead atoms. The lowest BCUT2D eigenvalue weighted by atomic mass is 10.0. The van der Waals surface area contributed by atoms with Gasteiger partial charge in [-0.1, -0.05) is 0 Å². The number of aliphatic hydroxyl groups excluding tert-OH is 1. The van der Waals surface area contributed by atoms with Crippen LogP contribution in [0.25, 0.3) is 0 Å². The molecule has 84 valence electrons. The maximum atomic E-state index is 9.58. The zero-order chi connectivity index (χ0) is 11.4. The Balaban J connectivity index is 3.05. The Morgan fingerprint density at radius 2 is 2.20 bits per heavy atom. The Labute approximate surface area is 96.8 Å². The van der Waals surface area contributed by atoms with Crippen LogP contribution in [0.1, 0.15) is 18.0 Å². The highest BCUT2D eigenvalue weighted by atomic mass is 79.9. The quantitative estimate of drug-likeness (QED) is 0.779. The van der Waals surface area contributed by atoms with Gasteiger partial charge in [0, 0.05) is 12.6 Å². The van der Waals surface area contributed by atoms with Crippen LogP contribution in [-0.4, -0.2) is 23.9 Å². The Hall–Kier alpha value is -0.780. The second kappa shape index (κ2) is 5.34. The number of nitrogens with two attached hydrogens (primary N) is 1. The first-order chi connectivity index (χ1) is 7.10. The second-order valence-corrected chi connectivity index (χ2v) is 3.97. The SMILES string of the molecule is COc1cc(C(N)CCO)cc(O)c1Br. The third-order valence-corrected chi connectivity index (χ3v) is 2.93. The van der Waals surface area contributed by atoms with Crippen molar-refractivity contribution in [2.45, 2.75) is 12.5 Å². The van der Waals surface area contributed by atoms with E-state index in [4.69, 9.17) is 15.6 Å². The summed E-state index contributed by atoms with van der Waals surface area (Å²) in [5.74, 6) is 0.608. The first-order valence-electron chi connectivity index (χ1n) is 4.53. The van der Waals surface area contributed by atoms with Crippen LogP contribution in [-0.2, 0) is 0 Å². The molecule has 0 aliphatic carbocycles. The van der Waals surface area contributed by atoms with Crippen LogP contribution in [0.5, 0.6) is 11.5 Å². The molecule has 1 unspecified atom stereocenters. The van der Waals surface area contributed by atoms with Gasteiger partial charge in [-0.3, -0.25) is 0 Å². The van der Waals surface area contributed by atoms with E-state index in [2.05, 4.69) is 15.9 Å². The predicted molar refractivity (Wildman–Crippen MR) is 61.0 cm³/mol. The molecule has 1 aromatic rings. The summed E-state index contributed by atoms with van der Waals surface area (Å²) < 4.78 is 5.57. The van der Waals surface area contributed by atoms with Gasteiger partial charge in [-0.15, -0.1) is 0 Å². The zero-order valence-corrected chi connectivity index (χ0v) is 9.99. The number of benzene rings is 1. The molecule has 0 aliphatic rings. The number of rotatable bonds is 4. The summed E-state index contributed by atoms with van der Waals surface area (Å²) in [6.45, 7) is 0.0142.